The number of furan rings is 1. The van der Waals surface area contributed by atoms with Crippen molar-refractivity contribution in [2.24, 2.45) is 0 Å². The number of ether oxygens (including phenoxy) is 1. The van der Waals surface area contributed by atoms with Gasteiger partial charge in [-0.15, -0.1) is 0 Å². The Balaban J connectivity index is 2.11. The molecule has 6 heteroatoms. The van der Waals surface area contributed by atoms with Crippen LogP contribution in [-0.4, -0.2) is 23.6 Å². The van der Waals surface area contributed by atoms with Gasteiger partial charge >= 0.3 is 0 Å². The zero-order valence-corrected chi connectivity index (χ0v) is 11.2. The van der Waals surface area contributed by atoms with Crippen molar-refractivity contribution in [2.75, 3.05) is 24.3 Å². The Bertz CT molecular complexity index is 513. The third-order valence-electron chi connectivity index (χ3n) is 2.58. The standard InChI is InChI=1S/C13H18N4O2/c1-3-18-9-12-15-11(14)7-13(16-12)17(2)8-10-5-4-6-19-10/h4-7H,3,8-9H2,1-2H3,(H2,14,15,16). The van der Waals surface area contributed by atoms with Crippen molar-refractivity contribution in [1.82, 2.24) is 9.97 Å². The van der Waals surface area contributed by atoms with Gasteiger partial charge in [-0.3, -0.25) is 0 Å². The second-order valence-electron chi connectivity index (χ2n) is 4.14. The van der Waals surface area contributed by atoms with E-state index in [1.165, 1.54) is 0 Å². The molecule has 0 atom stereocenters. The number of hydrogen-bond donors (Lipinski definition) is 1. The normalized spacial score (nSPS) is 10.6. The van der Waals surface area contributed by atoms with Crippen molar-refractivity contribution in [3.63, 3.8) is 0 Å². The molecular weight excluding hydrogens is 244 g/mol. The van der Waals surface area contributed by atoms with E-state index in [1.54, 1.807) is 12.3 Å². The highest BCUT2D eigenvalue weighted by Gasteiger charge is 2.09. The zero-order chi connectivity index (χ0) is 13.7. The number of aromatic nitrogens is 2. The fourth-order valence-electron chi connectivity index (χ4n) is 1.67. The molecule has 2 rings (SSSR count). The first-order valence-electron chi connectivity index (χ1n) is 6.13. The Morgan fingerprint density at radius 1 is 1.42 bits per heavy atom. The van der Waals surface area contributed by atoms with Gasteiger partial charge in [-0.2, -0.15) is 0 Å². The van der Waals surface area contributed by atoms with E-state index in [9.17, 15) is 0 Å². The average Bonchev–Trinajstić information content (AvgIpc) is 2.88. The van der Waals surface area contributed by atoms with Gasteiger partial charge < -0.3 is 19.8 Å². The van der Waals surface area contributed by atoms with Crippen LogP contribution in [0.25, 0.3) is 0 Å². The highest BCUT2D eigenvalue weighted by Crippen LogP contribution is 2.16. The van der Waals surface area contributed by atoms with Gasteiger partial charge in [0.2, 0.25) is 0 Å². The van der Waals surface area contributed by atoms with Gasteiger partial charge in [-0.25, -0.2) is 9.97 Å². The molecule has 0 aromatic carbocycles. The van der Waals surface area contributed by atoms with E-state index in [0.717, 1.165) is 11.6 Å². The maximum Gasteiger partial charge on any atom is 0.158 e. The zero-order valence-electron chi connectivity index (χ0n) is 11.2. The molecule has 0 fully saturated rings. The topological polar surface area (TPSA) is 77.4 Å². The summed E-state index contributed by atoms with van der Waals surface area (Å²) in [6.45, 7) is 3.53. The lowest BCUT2D eigenvalue weighted by molar-refractivity contribution is 0.128. The summed E-state index contributed by atoms with van der Waals surface area (Å²) in [6.07, 6.45) is 1.65. The molecule has 0 radical (unpaired) electrons. The van der Waals surface area contributed by atoms with Crippen LogP contribution in [0.5, 0.6) is 0 Å². The molecule has 102 valence electrons. The Morgan fingerprint density at radius 2 is 2.26 bits per heavy atom. The van der Waals surface area contributed by atoms with E-state index in [1.807, 2.05) is 31.0 Å². The molecule has 0 saturated carbocycles. The van der Waals surface area contributed by atoms with Crippen LogP contribution in [0.1, 0.15) is 18.5 Å². The molecule has 0 aliphatic carbocycles. The fraction of sp³-hybridized carbons (Fsp3) is 0.385. The number of rotatable bonds is 6. The number of hydrogen-bond acceptors (Lipinski definition) is 6. The molecule has 6 nitrogen and oxygen atoms in total. The first-order valence-corrected chi connectivity index (χ1v) is 6.13. The van der Waals surface area contributed by atoms with E-state index >= 15 is 0 Å². The monoisotopic (exact) mass is 262 g/mol. The summed E-state index contributed by atoms with van der Waals surface area (Å²) >= 11 is 0. The van der Waals surface area contributed by atoms with Crippen LogP contribution in [0.4, 0.5) is 11.6 Å². The van der Waals surface area contributed by atoms with Crippen molar-refractivity contribution < 1.29 is 9.15 Å². The summed E-state index contributed by atoms with van der Waals surface area (Å²) in [4.78, 5) is 10.5. The predicted octanol–water partition coefficient (Wildman–Crippen LogP) is 1.82. The van der Waals surface area contributed by atoms with Gasteiger partial charge in [0, 0.05) is 19.7 Å². The maximum atomic E-state index is 5.79. The molecular formula is C13H18N4O2. The minimum atomic E-state index is 0.364. The molecule has 2 heterocycles. The third kappa shape index (κ3) is 3.69. The lowest BCUT2D eigenvalue weighted by Gasteiger charge is -2.17. The summed E-state index contributed by atoms with van der Waals surface area (Å²) in [5, 5.41) is 0. The average molecular weight is 262 g/mol. The Morgan fingerprint density at radius 3 is 2.95 bits per heavy atom. The largest absolute Gasteiger partial charge is 0.467 e. The SMILES string of the molecule is CCOCc1nc(N)cc(N(C)Cc2ccco2)n1. The fourth-order valence-corrected chi connectivity index (χ4v) is 1.67. The van der Waals surface area contributed by atoms with Crippen LogP contribution in [0.3, 0.4) is 0 Å². The molecule has 0 amide bonds. The van der Waals surface area contributed by atoms with Crippen LogP contribution in [0.15, 0.2) is 28.9 Å². The quantitative estimate of drug-likeness (QED) is 0.855. The van der Waals surface area contributed by atoms with E-state index in [4.69, 9.17) is 14.9 Å². The molecule has 19 heavy (non-hydrogen) atoms. The number of anilines is 2. The summed E-state index contributed by atoms with van der Waals surface area (Å²) in [5.74, 6) is 2.64. The molecule has 2 aromatic rings. The minimum absolute atomic E-state index is 0.364. The van der Waals surface area contributed by atoms with Crippen LogP contribution in [-0.2, 0) is 17.9 Å². The highest BCUT2D eigenvalue weighted by molar-refractivity contribution is 5.46. The molecule has 0 unspecified atom stereocenters. The van der Waals surface area contributed by atoms with Crippen LogP contribution >= 0.6 is 0 Å². The second-order valence-corrected chi connectivity index (χ2v) is 4.14. The van der Waals surface area contributed by atoms with Crippen LogP contribution < -0.4 is 10.6 Å². The van der Waals surface area contributed by atoms with Crippen molar-refractivity contribution in [1.29, 1.82) is 0 Å². The summed E-state index contributed by atoms with van der Waals surface area (Å²) < 4.78 is 10.6. The van der Waals surface area contributed by atoms with Gasteiger partial charge in [0.15, 0.2) is 5.82 Å². The van der Waals surface area contributed by atoms with Gasteiger partial charge in [0.25, 0.3) is 0 Å². The highest BCUT2D eigenvalue weighted by atomic mass is 16.5. The van der Waals surface area contributed by atoms with Crippen molar-refractivity contribution >= 4 is 11.6 Å². The number of nitrogens with zero attached hydrogens (tertiary/aromatic N) is 3. The first kappa shape index (κ1) is 13.4. The van der Waals surface area contributed by atoms with Crippen LogP contribution in [0, 0.1) is 0 Å². The molecule has 0 aliphatic heterocycles. The lowest BCUT2D eigenvalue weighted by Crippen LogP contribution is -2.19. The maximum absolute atomic E-state index is 5.79. The Labute approximate surface area is 112 Å². The Hall–Kier alpha value is -2.08. The lowest BCUT2D eigenvalue weighted by atomic mass is 10.4. The summed E-state index contributed by atoms with van der Waals surface area (Å²) in [6, 6.07) is 5.51. The Kier molecular flexibility index (Phi) is 4.35. The van der Waals surface area contributed by atoms with Crippen molar-refractivity contribution in [3.8, 4) is 0 Å². The van der Waals surface area contributed by atoms with Gasteiger partial charge in [0.1, 0.15) is 24.0 Å². The molecule has 0 saturated heterocycles. The molecule has 2 N–H and O–H groups in total. The van der Waals surface area contributed by atoms with E-state index < -0.39 is 0 Å². The van der Waals surface area contributed by atoms with Gasteiger partial charge in [0.05, 0.1) is 12.8 Å². The summed E-state index contributed by atoms with van der Waals surface area (Å²) in [7, 11) is 1.93. The smallest absolute Gasteiger partial charge is 0.158 e. The van der Waals surface area contributed by atoms with Crippen molar-refractivity contribution in [3.05, 3.63) is 36.0 Å². The van der Waals surface area contributed by atoms with Gasteiger partial charge in [-0.05, 0) is 19.1 Å². The van der Waals surface area contributed by atoms with Gasteiger partial charge in [-0.1, -0.05) is 0 Å². The van der Waals surface area contributed by atoms with E-state index in [0.29, 0.717) is 31.4 Å². The number of nitrogen functional groups attached to an aromatic ring is 1. The molecule has 2 aromatic heterocycles. The molecule has 0 spiro atoms. The molecule has 0 bridgehead atoms. The predicted molar refractivity (Wildman–Crippen MR) is 72.6 cm³/mol. The number of nitrogens with two attached hydrogens (primary N) is 1. The first-order chi connectivity index (χ1) is 9.19. The van der Waals surface area contributed by atoms with Crippen LogP contribution in [0.2, 0.25) is 0 Å². The van der Waals surface area contributed by atoms with E-state index in [2.05, 4.69) is 9.97 Å². The van der Waals surface area contributed by atoms with Crippen molar-refractivity contribution in [2.45, 2.75) is 20.1 Å². The third-order valence-corrected chi connectivity index (χ3v) is 2.58. The second kappa shape index (κ2) is 6.19. The molecule has 0 aliphatic rings. The summed E-state index contributed by atoms with van der Waals surface area (Å²) in [5.41, 5.74) is 5.79. The van der Waals surface area contributed by atoms with E-state index in [-0.39, 0.29) is 0 Å². The minimum Gasteiger partial charge on any atom is -0.467 e.